The Balaban J connectivity index is 1.22. The molecule has 0 aliphatic carbocycles. The molecule has 0 spiro atoms. The molecule has 3 amide bonds. The minimum Gasteiger partial charge on any atom is -0.489 e. The summed E-state index contributed by atoms with van der Waals surface area (Å²) in [5, 5.41) is 5.51. The summed E-state index contributed by atoms with van der Waals surface area (Å²) in [4.78, 5) is 39.5. The van der Waals surface area contributed by atoms with E-state index in [1.807, 2.05) is 115 Å². The monoisotopic (exact) mass is 666 g/mol. The van der Waals surface area contributed by atoms with E-state index in [0.717, 1.165) is 28.0 Å². The van der Waals surface area contributed by atoms with Crippen molar-refractivity contribution in [3.8, 4) is 5.75 Å². The van der Waals surface area contributed by atoms with Gasteiger partial charge < -0.3 is 35.5 Å². The molecule has 0 heterocycles. The normalized spacial score (nSPS) is 11.2. The number of unbranched alkanes of at least 4 members (excludes halogenated alkanes) is 1. The summed E-state index contributed by atoms with van der Waals surface area (Å²) in [6.45, 7) is 2.46. The van der Waals surface area contributed by atoms with E-state index in [4.69, 9.17) is 19.9 Å². The Morgan fingerprint density at radius 2 is 1.04 bits per heavy atom. The smallest absolute Gasteiger partial charge is 0.407 e. The number of nitrogens with one attached hydrogen (secondary N) is 2. The summed E-state index contributed by atoms with van der Waals surface area (Å²) in [6, 6.07) is 35.7. The van der Waals surface area contributed by atoms with Crippen molar-refractivity contribution in [3.05, 3.63) is 138 Å². The topological polar surface area (TPSA) is 132 Å². The van der Waals surface area contributed by atoms with Gasteiger partial charge in [-0.1, -0.05) is 103 Å². The van der Waals surface area contributed by atoms with Crippen LogP contribution in [0, 0.1) is 0 Å². The van der Waals surface area contributed by atoms with Gasteiger partial charge in [-0.3, -0.25) is 4.79 Å². The van der Waals surface area contributed by atoms with Gasteiger partial charge in [0.1, 0.15) is 25.6 Å². The maximum atomic E-state index is 13.5. The Kier molecular flexibility index (Phi) is 15.5. The fraction of sp³-hybridized carbons (Fsp3) is 0.308. The molecule has 0 fully saturated rings. The zero-order chi connectivity index (χ0) is 34.5. The van der Waals surface area contributed by atoms with Crippen LogP contribution in [-0.4, -0.2) is 55.2 Å². The van der Waals surface area contributed by atoms with E-state index >= 15 is 0 Å². The van der Waals surface area contributed by atoms with E-state index < -0.39 is 18.2 Å². The van der Waals surface area contributed by atoms with Gasteiger partial charge in [0.2, 0.25) is 5.91 Å². The number of ether oxygens (including phenoxy) is 3. The quantitative estimate of drug-likeness (QED) is 0.105. The van der Waals surface area contributed by atoms with Crippen LogP contribution in [0.4, 0.5) is 9.59 Å². The van der Waals surface area contributed by atoms with E-state index in [1.165, 1.54) is 0 Å². The molecule has 0 saturated carbocycles. The molecule has 4 aromatic rings. The molecule has 0 aliphatic heterocycles. The molecule has 4 N–H and O–H groups in total. The third-order valence-corrected chi connectivity index (χ3v) is 7.68. The predicted molar refractivity (Wildman–Crippen MR) is 189 cm³/mol. The first-order valence-corrected chi connectivity index (χ1v) is 16.7. The summed E-state index contributed by atoms with van der Waals surface area (Å²) in [5.74, 6) is 0.563. The number of hydrogen-bond acceptors (Lipinski definition) is 7. The van der Waals surface area contributed by atoms with Crippen LogP contribution < -0.4 is 21.1 Å². The van der Waals surface area contributed by atoms with Gasteiger partial charge in [0.25, 0.3) is 0 Å². The summed E-state index contributed by atoms with van der Waals surface area (Å²) >= 11 is 0. The van der Waals surface area contributed by atoms with E-state index in [-0.39, 0.29) is 19.1 Å². The van der Waals surface area contributed by atoms with Crippen molar-refractivity contribution in [1.82, 2.24) is 15.5 Å². The van der Waals surface area contributed by atoms with Crippen molar-refractivity contribution in [1.29, 1.82) is 0 Å². The zero-order valence-electron chi connectivity index (χ0n) is 27.8. The van der Waals surface area contributed by atoms with Crippen molar-refractivity contribution in [3.63, 3.8) is 0 Å². The fourth-order valence-electron chi connectivity index (χ4n) is 5.00. The van der Waals surface area contributed by atoms with Crippen LogP contribution in [0.25, 0.3) is 0 Å². The van der Waals surface area contributed by atoms with Crippen LogP contribution in [0.5, 0.6) is 5.75 Å². The molecule has 49 heavy (non-hydrogen) atoms. The average Bonchev–Trinajstić information content (AvgIpc) is 3.14. The molecule has 0 saturated heterocycles. The number of nitrogens with zero attached hydrogens (tertiary/aromatic N) is 1. The largest absolute Gasteiger partial charge is 0.489 e. The van der Waals surface area contributed by atoms with Gasteiger partial charge in [-0.05, 0) is 60.1 Å². The van der Waals surface area contributed by atoms with Crippen molar-refractivity contribution in [2.75, 3.05) is 26.2 Å². The van der Waals surface area contributed by atoms with E-state index in [9.17, 15) is 14.4 Å². The molecule has 10 heteroatoms. The van der Waals surface area contributed by atoms with Crippen LogP contribution in [0.3, 0.4) is 0 Å². The van der Waals surface area contributed by atoms with Crippen molar-refractivity contribution < 1.29 is 28.6 Å². The van der Waals surface area contributed by atoms with Gasteiger partial charge in [-0.15, -0.1) is 0 Å². The Morgan fingerprint density at radius 3 is 1.57 bits per heavy atom. The second-order valence-electron chi connectivity index (χ2n) is 11.6. The molecule has 0 bridgehead atoms. The first kappa shape index (κ1) is 36.5. The SMILES string of the molecule is N[C@@H](Cc1ccc(OCc2ccccc2)cc1)C(=O)N(CCCCNC(=O)OCc1ccccc1)CCCNC(=O)OCc1ccccc1. The second-order valence-corrected chi connectivity index (χ2v) is 11.6. The number of amides is 3. The molecule has 4 rings (SSSR count). The van der Waals surface area contributed by atoms with Crippen molar-refractivity contribution >= 4 is 18.1 Å². The highest BCUT2D eigenvalue weighted by atomic mass is 16.6. The molecule has 4 aromatic carbocycles. The highest BCUT2D eigenvalue weighted by Crippen LogP contribution is 2.16. The van der Waals surface area contributed by atoms with Crippen LogP contribution in [0.2, 0.25) is 0 Å². The van der Waals surface area contributed by atoms with Crippen LogP contribution >= 0.6 is 0 Å². The number of nitrogens with two attached hydrogens (primary N) is 1. The third kappa shape index (κ3) is 14.1. The molecule has 10 nitrogen and oxygen atoms in total. The Labute approximate surface area is 288 Å². The Hall–Kier alpha value is -5.35. The van der Waals surface area contributed by atoms with E-state index in [2.05, 4.69) is 10.6 Å². The first-order chi connectivity index (χ1) is 24.0. The van der Waals surface area contributed by atoms with Gasteiger partial charge in [0, 0.05) is 26.2 Å². The summed E-state index contributed by atoms with van der Waals surface area (Å²) in [6.07, 6.45) is 1.19. The maximum absolute atomic E-state index is 13.5. The number of rotatable bonds is 19. The Bertz CT molecular complexity index is 1540. The highest BCUT2D eigenvalue weighted by Gasteiger charge is 2.21. The molecular weight excluding hydrogens is 620 g/mol. The standard InChI is InChI=1S/C39H46N4O6/c40-36(27-31-19-21-35(22-20-31)47-28-32-13-4-1-5-14-32)37(44)43(26-12-24-42-39(46)49-30-34-17-8-3-9-18-34)25-11-10-23-41-38(45)48-29-33-15-6-2-7-16-33/h1-9,13-22,36H,10-12,23-30,40H2,(H,41,45)(H,42,46)/t36-/m0/s1. The molecule has 0 aromatic heterocycles. The highest BCUT2D eigenvalue weighted by molar-refractivity contribution is 5.82. The van der Waals surface area contributed by atoms with Gasteiger partial charge >= 0.3 is 12.2 Å². The number of hydrogen-bond donors (Lipinski definition) is 3. The lowest BCUT2D eigenvalue weighted by Crippen LogP contribution is -2.46. The first-order valence-electron chi connectivity index (χ1n) is 16.7. The van der Waals surface area contributed by atoms with Crippen molar-refractivity contribution in [2.45, 2.75) is 51.5 Å². The lowest BCUT2D eigenvalue weighted by molar-refractivity contribution is -0.132. The van der Waals surface area contributed by atoms with Crippen LogP contribution in [0.1, 0.15) is 41.5 Å². The molecule has 0 aliphatic rings. The molecule has 0 radical (unpaired) electrons. The maximum Gasteiger partial charge on any atom is 0.407 e. The molecule has 258 valence electrons. The third-order valence-electron chi connectivity index (χ3n) is 7.68. The van der Waals surface area contributed by atoms with E-state index in [0.29, 0.717) is 58.5 Å². The number of carbonyl (C=O) groups is 3. The molecule has 0 unspecified atom stereocenters. The fourth-order valence-corrected chi connectivity index (χ4v) is 5.00. The summed E-state index contributed by atoms with van der Waals surface area (Å²) < 4.78 is 16.4. The molecular formula is C39H46N4O6. The van der Waals surface area contributed by atoms with E-state index in [1.54, 1.807) is 4.90 Å². The lowest BCUT2D eigenvalue weighted by atomic mass is 10.0. The number of alkyl carbamates (subject to hydrolysis) is 2. The summed E-state index contributed by atoms with van der Waals surface area (Å²) in [5.41, 5.74) is 10.3. The summed E-state index contributed by atoms with van der Waals surface area (Å²) in [7, 11) is 0. The van der Waals surface area contributed by atoms with Crippen LogP contribution in [0.15, 0.2) is 115 Å². The number of benzene rings is 4. The minimum atomic E-state index is -0.744. The van der Waals surface area contributed by atoms with Crippen molar-refractivity contribution in [2.24, 2.45) is 5.73 Å². The Morgan fingerprint density at radius 1 is 0.571 bits per heavy atom. The number of carbonyl (C=O) groups excluding carboxylic acids is 3. The van der Waals surface area contributed by atoms with Crippen LogP contribution in [-0.2, 0) is 40.5 Å². The zero-order valence-corrected chi connectivity index (χ0v) is 27.8. The van der Waals surface area contributed by atoms with Gasteiger partial charge in [0.05, 0.1) is 6.04 Å². The molecule has 1 atom stereocenters. The lowest BCUT2D eigenvalue weighted by Gasteiger charge is -2.26. The van der Waals surface area contributed by atoms with Gasteiger partial charge in [0.15, 0.2) is 0 Å². The average molecular weight is 667 g/mol. The minimum absolute atomic E-state index is 0.175. The van der Waals surface area contributed by atoms with Gasteiger partial charge in [-0.2, -0.15) is 0 Å². The second kappa shape index (κ2) is 20.8. The van der Waals surface area contributed by atoms with Gasteiger partial charge in [-0.25, -0.2) is 9.59 Å². The predicted octanol–water partition coefficient (Wildman–Crippen LogP) is 5.99.